The van der Waals surface area contributed by atoms with Crippen LogP contribution in [0, 0.1) is 0 Å². The monoisotopic (exact) mass is 999 g/mol. The molecule has 0 aliphatic carbocycles. The van der Waals surface area contributed by atoms with E-state index < -0.39 is 6.10 Å². The summed E-state index contributed by atoms with van der Waals surface area (Å²) in [5.41, 5.74) is 0. The van der Waals surface area contributed by atoms with Crippen molar-refractivity contribution >= 4 is 17.9 Å². The van der Waals surface area contributed by atoms with Gasteiger partial charge in [-0.15, -0.1) is 0 Å². The smallest absolute Gasteiger partial charge is 0.306 e. The molecule has 0 N–H and O–H groups in total. The summed E-state index contributed by atoms with van der Waals surface area (Å²) in [7, 11) is 0. The van der Waals surface area contributed by atoms with Crippen LogP contribution in [0.25, 0.3) is 0 Å². The van der Waals surface area contributed by atoms with Crippen molar-refractivity contribution in [2.75, 3.05) is 13.2 Å². The Kier molecular flexibility index (Phi) is 58.6. The summed E-state index contributed by atoms with van der Waals surface area (Å²) in [5.74, 6) is -0.848. The van der Waals surface area contributed by atoms with Gasteiger partial charge in [0.2, 0.25) is 0 Å². The third kappa shape index (κ3) is 58.7. The molecule has 0 spiro atoms. The fourth-order valence-electron chi connectivity index (χ4n) is 9.65. The van der Waals surface area contributed by atoms with E-state index >= 15 is 0 Å². The third-order valence-electron chi connectivity index (χ3n) is 14.5. The highest BCUT2D eigenvalue weighted by Gasteiger charge is 2.19. The summed E-state index contributed by atoms with van der Waals surface area (Å²) in [6.45, 7) is 6.68. The molecule has 0 unspecified atom stereocenters. The molecule has 418 valence electrons. The van der Waals surface area contributed by atoms with Crippen LogP contribution in [0.15, 0.2) is 24.3 Å². The van der Waals surface area contributed by atoms with Crippen LogP contribution in [0.2, 0.25) is 0 Å². The van der Waals surface area contributed by atoms with Crippen molar-refractivity contribution in [2.24, 2.45) is 0 Å². The SMILES string of the molecule is CCCCC/C=C\C/C=C\CCCCCCCCCC(=O)O[C@@H](COC(=O)CCCCCCCCCCCCCCCCC)COC(=O)CCCCCCCCCCCCCCCCCCCCCCC. The number of carbonyl (C=O) groups is 3. The van der Waals surface area contributed by atoms with Gasteiger partial charge in [0.1, 0.15) is 13.2 Å². The normalized spacial score (nSPS) is 12.1. The van der Waals surface area contributed by atoms with Crippen LogP contribution in [0.5, 0.6) is 0 Å². The van der Waals surface area contributed by atoms with E-state index in [4.69, 9.17) is 14.2 Å². The number of esters is 3. The molecule has 0 aliphatic heterocycles. The highest BCUT2D eigenvalue weighted by atomic mass is 16.6. The summed E-state index contributed by atoms with van der Waals surface area (Å²) in [5, 5.41) is 0. The van der Waals surface area contributed by atoms with Gasteiger partial charge in [0.15, 0.2) is 6.10 Å². The lowest BCUT2D eigenvalue weighted by atomic mass is 10.0. The summed E-state index contributed by atoms with van der Waals surface area (Å²) >= 11 is 0. The minimum Gasteiger partial charge on any atom is -0.462 e. The highest BCUT2D eigenvalue weighted by Crippen LogP contribution is 2.18. The van der Waals surface area contributed by atoms with Crippen molar-refractivity contribution in [3.05, 3.63) is 24.3 Å². The fraction of sp³-hybridized carbons (Fsp3) is 0.892. The minimum absolute atomic E-state index is 0.0684. The van der Waals surface area contributed by atoms with Crippen molar-refractivity contribution < 1.29 is 28.6 Å². The van der Waals surface area contributed by atoms with E-state index in [0.717, 1.165) is 70.6 Å². The second-order valence-electron chi connectivity index (χ2n) is 21.7. The molecule has 0 rings (SSSR count). The number of rotatable bonds is 59. The average Bonchev–Trinajstić information content (AvgIpc) is 3.37. The average molecular weight is 1000 g/mol. The van der Waals surface area contributed by atoms with Crippen molar-refractivity contribution in [3.63, 3.8) is 0 Å². The molecule has 0 heterocycles. The van der Waals surface area contributed by atoms with Gasteiger partial charge in [0, 0.05) is 19.3 Å². The maximum absolute atomic E-state index is 12.9. The van der Waals surface area contributed by atoms with Crippen molar-refractivity contribution in [1.82, 2.24) is 0 Å². The molecule has 0 fully saturated rings. The van der Waals surface area contributed by atoms with Crippen molar-refractivity contribution in [3.8, 4) is 0 Å². The van der Waals surface area contributed by atoms with Gasteiger partial charge in [-0.05, 0) is 51.4 Å². The molecular weight excluding hydrogens is 877 g/mol. The van der Waals surface area contributed by atoms with Gasteiger partial charge in [-0.2, -0.15) is 0 Å². The first-order chi connectivity index (χ1) is 35.0. The molecule has 6 nitrogen and oxygen atoms in total. The van der Waals surface area contributed by atoms with Gasteiger partial charge >= 0.3 is 17.9 Å². The molecule has 0 aliphatic rings. The Labute approximate surface area is 443 Å². The van der Waals surface area contributed by atoms with Gasteiger partial charge in [0.25, 0.3) is 0 Å². The number of allylic oxidation sites excluding steroid dienone is 4. The van der Waals surface area contributed by atoms with E-state index in [9.17, 15) is 14.4 Å². The first kappa shape index (κ1) is 68.9. The predicted molar refractivity (Wildman–Crippen MR) is 307 cm³/mol. The maximum Gasteiger partial charge on any atom is 0.306 e. The lowest BCUT2D eigenvalue weighted by Crippen LogP contribution is -2.30. The zero-order chi connectivity index (χ0) is 51.4. The molecule has 0 saturated heterocycles. The second kappa shape index (κ2) is 60.4. The van der Waals surface area contributed by atoms with Crippen molar-refractivity contribution in [1.29, 1.82) is 0 Å². The number of carbonyl (C=O) groups excluding carboxylic acids is 3. The Morgan fingerprint density at radius 2 is 0.507 bits per heavy atom. The Hall–Kier alpha value is -2.11. The van der Waals surface area contributed by atoms with Gasteiger partial charge in [-0.1, -0.05) is 308 Å². The fourth-order valence-corrected chi connectivity index (χ4v) is 9.65. The summed E-state index contributed by atoms with van der Waals surface area (Å²) in [6, 6.07) is 0. The first-order valence-electron chi connectivity index (χ1n) is 31.8. The van der Waals surface area contributed by atoms with Crippen LogP contribution < -0.4 is 0 Å². The van der Waals surface area contributed by atoms with Gasteiger partial charge in [-0.25, -0.2) is 0 Å². The summed E-state index contributed by atoms with van der Waals surface area (Å²) < 4.78 is 16.9. The molecule has 71 heavy (non-hydrogen) atoms. The minimum atomic E-state index is -0.771. The molecule has 0 radical (unpaired) electrons. The van der Waals surface area contributed by atoms with Crippen molar-refractivity contribution in [2.45, 2.75) is 361 Å². The zero-order valence-corrected chi connectivity index (χ0v) is 48.0. The van der Waals surface area contributed by atoms with E-state index in [1.54, 1.807) is 0 Å². The van der Waals surface area contributed by atoms with Crippen LogP contribution in [-0.2, 0) is 28.6 Å². The standard InChI is InChI=1S/C65H122O6/c1-4-7-10-13-16-19-22-25-28-30-31-32-33-35-37-40-43-46-49-52-55-58-64(67)70-61-62(60-69-63(66)57-54-51-48-45-42-39-36-27-24-21-18-15-12-9-6-3)71-65(68)59-56-53-50-47-44-41-38-34-29-26-23-20-17-14-11-8-5-2/h17,20,26,29,62H,4-16,18-19,21-25,27-28,30-61H2,1-3H3/b20-17-,29-26-/t62-/m0/s1. The second-order valence-corrected chi connectivity index (χ2v) is 21.7. The molecule has 0 saturated carbocycles. The molecule has 0 aromatic rings. The van der Waals surface area contributed by atoms with Crippen LogP contribution >= 0.6 is 0 Å². The van der Waals surface area contributed by atoms with E-state index in [1.165, 1.54) is 244 Å². The Bertz CT molecular complexity index is 1150. The van der Waals surface area contributed by atoms with E-state index in [0.29, 0.717) is 19.3 Å². The largest absolute Gasteiger partial charge is 0.462 e. The van der Waals surface area contributed by atoms with Gasteiger partial charge in [0.05, 0.1) is 0 Å². The predicted octanol–water partition coefficient (Wildman–Crippen LogP) is 21.4. The van der Waals surface area contributed by atoms with E-state index in [-0.39, 0.29) is 31.1 Å². The quantitative estimate of drug-likeness (QED) is 0.0261. The Morgan fingerprint density at radius 3 is 0.803 bits per heavy atom. The molecular formula is C65H122O6. The van der Waals surface area contributed by atoms with Crippen LogP contribution in [0.4, 0.5) is 0 Å². The van der Waals surface area contributed by atoms with Gasteiger partial charge < -0.3 is 14.2 Å². The third-order valence-corrected chi connectivity index (χ3v) is 14.5. The molecule has 0 aromatic heterocycles. The lowest BCUT2D eigenvalue weighted by molar-refractivity contribution is -0.167. The highest BCUT2D eigenvalue weighted by molar-refractivity contribution is 5.71. The molecule has 1 atom stereocenters. The van der Waals surface area contributed by atoms with E-state index in [1.807, 2.05) is 0 Å². The molecule has 0 bridgehead atoms. The summed E-state index contributed by atoms with van der Waals surface area (Å²) in [6.07, 6.45) is 71.8. The summed E-state index contributed by atoms with van der Waals surface area (Å²) in [4.78, 5) is 38.3. The number of hydrogen-bond acceptors (Lipinski definition) is 6. The maximum atomic E-state index is 12.9. The topological polar surface area (TPSA) is 78.9 Å². The van der Waals surface area contributed by atoms with E-state index in [2.05, 4.69) is 45.1 Å². The number of hydrogen-bond donors (Lipinski definition) is 0. The lowest BCUT2D eigenvalue weighted by Gasteiger charge is -2.18. The Morgan fingerprint density at radius 1 is 0.282 bits per heavy atom. The molecule has 0 aromatic carbocycles. The van der Waals surface area contributed by atoms with Crippen LogP contribution in [0.3, 0.4) is 0 Å². The van der Waals surface area contributed by atoms with Crippen LogP contribution in [-0.4, -0.2) is 37.2 Å². The number of unbranched alkanes of at least 4 members (excludes halogenated alkanes) is 44. The molecule has 6 heteroatoms. The molecule has 0 amide bonds. The van der Waals surface area contributed by atoms with Gasteiger partial charge in [-0.3, -0.25) is 14.4 Å². The van der Waals surface area contributed by atoms with Crippen LogP contribution in [0.1, 0.15) is 355 Å². The number of ether oxygens (including phenoxy) is 3. The zero-order valence-electron chi connectivity index (χ0n) is 48.0. The Balaban J connectivity index is 4.29. The first-order valence-corrected chi connectivity index (χ1v) is 31.8.